The summed E-state index contributed by atoms with van der Waals surface area (Å²) in [6, 6.07) is 16.3. The summed E-state index contributed by atoms with van der Waals surface area (Å²) in [6.45, 7) is 6.22. The molecule has 0 aromatic heterocycles. The maximum absolute atomic E-state index is 8.00. The molecule has 0 spiro atoms. The van der Waals surface area contributed by atoms with Crippen LogP contribution in [0.2, 0.25) is 0 Å². The summed E-state index contributed by atoms with van der Waals surface area (Å²) in [5.74, 6) is 1.77. The van der Waals surface area contributed by atoms with Crippen LogP contribution in [0.5, 0.6) is 11.5 Å². The molecule has 0 atom stereocenters. The van der Waals surface area contributed by atoms with E-state index in [9.17, 15) is 0 Å². The molecule has 0 amide bonds. The first-order valence-corrected chi connectivity index (χ1v) is 5.90. The second-order valence-electron chi connectivity index (χ2n) is 3.91. The van der Waals surface area contributed by atoms with Crippen molar-refractivity contribution < 1.29 is 9.53 Å². The second kappa shape index (κ2) is 7.28. The topological polar surface area (TPSA) is 26.3 Å². The predicted molar refractivity (Wildman–Crippen MR) is 74.2 cm³/mol. The fourth-order valence-electron chi connectivity index (χ4n) is 1.54. The van der Waals surface area contributed by atoms with Crippen molar-refractivity contribution in [3.05, 3.63) is 59.7 Å². The van der Waals surface area contributed by atoms with Gasteiger partial charge in [-0.25, -0.2) is 0 Å². The minimum absolute atomic E-state index is 0.884. The Morgan fingerprint density at radius 2 is 1.33 bits per heavy atom. The Labute approximate surface area is 108 Å². The van der Waals surface area contributed by atoms with E-state index in [2.05, 4.69) is 38.1 Å². The Morgan fingerprint density at radius 1 is 0.889 bits per heavy atom. The van der Waals surface area contributed by atoms with Gasteiger partial charge >= 0.3 is 0 Å². The summed E-state index contributed by atoms with van der Waals surface area (Å²) in [6.07, 6.45) is 1.06. The van der Waals surface area contributed by atoms with Crippen LogP contribution < -0.4 is 4.74 Å². The van der Waals surface area contributed by atoms with Crippen molar-refractivity contribution in [1.82, 2.24) is 0 Å². The minimum Gasteiger partial charge on any atom is -0.457 e. The SMILES string of the molecule is C=O.CCc1ccc(Oc2ccc(C)cc2)cc1. The Hall–Kier alpha value is -2.09. The molecule has 0 aliphatic carbocycles. The molecule has 0 N–H and O–H groups in total. The average Bonchev–Trinajstić information content (AvgIpc) is 2.44. The van der Waals surface area contributed by atoms with Crippen molar-refractivity contribution in [2.45, 2.75) is 20.3 Å². The molecule has 2 heteroatoms. The lowest BCUT2D eigenvalue weighted by Gasteiger charge is -2.06. The molecule has 2 rings (SSSR count). The average molecular weight is 242 g/mol. The highest BCUT2D eigenvalue weighted by atomic mass is 16.5. The Bertz CT molecular complexity index is 457. The number of ether oxygens (including phenoxy) is 1. The fourth-order valence-corrected chi connectivity index (χ4v) is 1.54. The maximum Gasteiger partial charge on any atom is 0.127 e. The molecule has 2 aromatic rings. The lowest BCUT2D eigenvalue weighted by atomic mass is 10.2. The summed E-state index contributed by atoms with van der Waals surface area (Å²) in [5.41, 5.74) is 2.57. The molecule has 0 heterocycles. The van der Waals surface area contributed by atoms with Gasteiger partial charge in [-0.2, -0.15) is 0 Å². The maximum atomic E-state index is 8.00. The van der Waals surface area contributed by atoms with Crippen molar-refractivity contribution in [2.75, 3.05) is 0 Å². The molecule has 0 saturated heterocycles. The van der Waals surface area contributed by atoms with Crippen LogP contribution in [0.4, 0.5) is 0 Å². The highest BCUT2D eigenvalue weighted by Gasteiger charge is 1.96. The number of hydrogen-bond acceptors (Lipinski definition) is 2. The van der Waals surface area contributed by atoms with E-state index < -0.39 is 0 Å². The Morgan fingerprint density at radius 3 is 1.78 bits per heavy atom. The summed E-state index contributed by atoms with van der Waals surface area (Å²) in [4.78, 5) is 8.00. The highest BCUT2D eigenvalue weighted by molar-refractivity contribution is 5.34. The molecule has 0 radical (unpaired) electrons. The van der Waals surface area contributed by atoms with Crippen molar-refractivity contribution in [2.24, 2.45) is 0 Å². The summed E-state index contributed by atoms with van der Waals surface area (Å²) in [7, 11) is 0. The first-order valence-electron chi connectivity index (χ1n) is 5.90. The van der Waals surface area contributed by atoms with Gasteiger partial charge in [-0.3, -0.25) is 0 Å². The van der Waals surface area contributed by atoms with E-state index in [-0.39, 0.29) is 0 Å². The van der Waals surface area contributed by atoms with Crippen LogP contribution in [0.1, 0.15) is 18.1 Å². The van der Waals surface area contributed by atoms with Gasteiger partial charge < -0.3 is 9.53 Å². The first-order chi connectivity index (χ1) is 8.78. The minimum atomic E-state index is 0.884. The van der Waals surface area contributed by atoms with Crippen LogP contribution >= 0.6 is 0 Å². The normalized spacial score (nSPS) is 9.22. The van der Waals surface area contributed by atoms with Crippen molar-refractivity contribution in [1.29, 1.82) is 0 Å². The molecule has 18 heavy (non-hydrogen) atoms. The van der Waals surface area contributed by atoms with E-state index in [4.69, 9.17) is 9.53 Å². The molecule has 0 saturated carbocycles. The number of benzene rings is 2. The third kappa shape index (κ3) is 4.06. The number of carbonyl (C=O) groups excluding carboxylic acids is 1. The van der Waals surface area contributed by atoms with E-state index in [0.717, 1.165) is 17.9 Å². The van der Waals surface area contributed by atoms with Gasteiger partial charge in [0.05, 0.1) is 0 Å². The monoisotopic (exact) mass is 242 g/mol. The van der Waals surface area contributed by atoms with Crippen LogP contribution in [0.15, 0.2) is 48.5 Å². The smallest absolute Gasteiger partial charge is 0.127 e. The molecule has 0 aliphatic heterocycles. The van der Waals surface area contributed by atoms with Gasteiger partial charge in [-0.15, -0.1) is 0 Å². The first kappa shape index (κ1) is 14.0. The zero-order chi connectivity index (χ0) is 13.4. The molecular weight excluding hydrogens is 224 g/mol. The quantitative estimate of drug-likeness (QED) is 0.807. The highest BCUT2D eigenvalue weighted by Crippen LogP contribution is 2.21. The molecule has 94 valence electrons. The van der Waals surface area contributed by atoms with Gasteiger partial charge in [0.25, 0.3) is 0 Å². The van der Waals surface area contributed by atoms with Gasteiger partial charge in [-0.05, 0) is 43.2 Å². The standard InChI is InChI=1S/C15H16O.CH2O/c1-3-13-6-10-15(11-7-13)16-14-8-4-12(2)5-9-14;1-2/h4-11H,3H2,1-2H3;1H2. The third-order valence-corrected chi connectivity index (χ3v) is 2.59. The number of aryl methyl sites for hydroxylation is 2. The van der Waals surface area contributed by atoms with Gasteiger partial charge in [-0.1, -0.05) is 36.8 Å². The van der Waals surface area contributed by atoms with Crippen molar-refractivity contribution in [3.8, 4) is 11.5 Å². The lowest BCUT2D eigenvalue weighted by Crippen LogP contribution is -1.85. The van der Waals surface area contributed by atoms with Crippen LogP contribution in [0, 0.1) is 6.92 Å². The van der Waals surface area contributed by atoms with E-state index in [0.29, 0.717) is 0 Å². The number of hydrogen-bond donors (Lipinski definition) is 0. The van der Waals surface area contributed by atoms with Gasteiger partial charge in [0.1, 0.15) is 18.3 Å². The van der Waals surface area contributed by atoms with E-state index in [1.165, 1.54) is 11.1 Å². The second-order valence-corrected chi connectivity index (χ2v) is 3.91. The molecule has 0 fully saturated rings. The number of rotatable bonds is 3. The summed E-state index contributed by atoms with van der Waals surface area (Å²) in [5, 5.41) is 0. The van der Waals surface area contributed by atoms with E-state index >= 15 is 0 Å². The molecule has 2 aromatic carbocycles. The van der Waals surface area contributed by atoms with Gasteiger partial charge in [0.15, 0.2) is 0 Å². The van der Waals surface area contributed by atoms with Gasteiger partial charge in [0, 0.05) is 0 Å². The predicted octanol–water partition coefficient (Wildman–Crippen LogP) is 4.16. The van der Waals surface area contributed by atoms with E-state index in [1.807, 2.05) is 31.1 Å². The molecular formula is C16H18O2. The lowest BCUT2D eigenvalue weighted by molar-refractivity contribution is -0.0979. The number of carbonyl (C=O) groups is 1. The van der Waals surface area contributed by atoms with Crippen LogP contribution in [0.25, 0.3) is 0 Å². The molecule has 0 unspecified atom stereocenters. The van der Waals surface area contributed by atoms with Crippen molar-refractivity contribution >= 4 is 6.79 Å². The van der Waals surface area contributed by atoms with Crippen LogP contribution in [-0.2, 0) is 11.2 Å². The molecule has 0 bridgehead atoms. The zero-order valence-electron chi connectivity index (χ0n) is 10.8. The van der Waals surface area contributed by atoms with E-state index in [1.54, 1.807) is 0 Å². The van der Waals surface area contributed by atoms with Gasteiger partial charge in [0.2, 0.25) is 0 Å². The van der Waals surface area contributed by atoms with Crippen LogP contribution in [0.3, 0.4) is 0 Å². The summed E-state index contributed by atoms with van der Waals surface area (Å²) < 4.78 is 5.73. The summed E-state index contributed by atoms with van der Waals surface area (Å²) >= 11 is 0. The van der Waals surface area contributed by atoms with Crippen molar-refractivity contribution in [3.63, 3.8) is 0 Å². The zero-order valence-corrected chi connectivity index (χ0v) is 10.8. The third-order valence-electron chi connectivity index (χ3n) is 2.59. The Balaban J connectivity index is 0.000000771. The largest absolute Gasteiger partial charge is 0.457 e. The fraction of sp³-hybridized carbons (Fsp3) is 0.188. The molecule has 0 aliphatic rings. The molecule has 2 nitrogen and oxygen atoms in total. The van der Waals surface area contributed by atoms with Crippen LogP contribution in [-0.4, -0.2) is 6.79 Å². The Kier molecular flexibility index (Phi) is 5.65.